The molecule has 0 fully saturated rings. The Labute approximate surface area is 205 Å². The number of amides is 1. The van der Waals surface area contributed by atoms with Crippen LogP contribution in [0.5, 0.6) is 5.75 Å². The van der Waals surface area contributed by atoms with Crippen molar-refractivity contribution in [1.82, 2.24) is 0 Å². The summed E-state index contributed by atoms with van der Waals surface area (Å²) >= 11 is 0. The van der Waals surface area contributed by atoms with E-state index in [1.165, 1.54) is 0 Å². The lowest BCUT2D eigenvalue weighted by atomic mass is 9.88. The number of nitrogens with one attached hydrogen (secondary N) is 1. The van der Waals surface area contributed by atoms with Gasteiger partial charge in [0.25, 0.3) is 5.91 Å². The standard InChI is InChI=1S/C29H30N2O4/c1-22-29(19-8-12-23-10-4-2-5-11-23,28(33)30-25-13-6-3-7-14-25)31-27(35-22)24-15-17-26(18-16-24)34-21-9-20-32/h2-8,10-18,22,32H,9,19-21H2,1H3,(H,30,33)/b12-8+/t22-,29-/m1/s1. The van der Waals surface area contributed by atoms with Crippen molar-refractivity contribution in [3.8, 4) is 5.75 Å². The average Bonchev–Trinajstić information content (AvgIpc) is 3.23. The summed E-state index contributed by atoms with van der Waals surface area (Å²) in [5.41, 5.74) is 1.42. The van der Waals surface area contributed by atoms with Crippen LogP contribution in [0.1, 0.15) is 30.9 Å². The largest absolute Gasteiger partial charge is 0.494 e. The molecule has 180 valence electrons. The molecule has 4 rings (SSSR count). The smallest absolute Gasteiger partial charge is 0.256 e. The van der Waals surface area contributed by atoms with Gasteiger partial charge >= 0.3 is 0 Å². The summed E-state index contributed by atoms with van der Waals surface area (Å²) in [6, 6.07) is 26.7. The maximum absolute atomic E-state index is 13.6. The predicted molar refractivity (Wildman–Crippen MR) is 139 cm³/mol. The van der Waals surface area contributed by atoms with Crippen LogP contribution >= 0.6 is 0 Å². The molecular weight excluding hydrogens is 440 g/mol. The van der Waals surface area contributed by atoms with Crippen LogP contribution < -0.4 is 10.1 Å². The highest BCUT2D eigenvalue weighted by Gasteiger charge is 2.49. The summed E-state index contributed by atoms with van der Waals surface area (Å²) in [5, 5.41) is 11.9. The lowest BCUT2D eigenvalue weighted by Crippen LogP contribution is -2.47. The molecule has 2 atom stereocenters. The number of hydrogen-bond donors (Lipinski definition) is 2. The Bertz CT molecular complexity index is 1160. The van der Waals surface area contributed by atoms with E-state index in [1.807, 2.05) is 104 Å². The molecule has 3 aromatic carbocycles. The quantitative estimate of drug-likeness (QED) is 0.404. The highest BCUT2D eigenvalue weighted by atomic mass is 16.5. The Morgan fingerprint density at radius 1 is 1.06 bits per heavy atom. The van der Waals surface area contributed by atoms with Crippen LogP contribution in [-0.4, -0.2) is 41.8 Å². The van der Waals surface area contributed by atoms with Crippen LogP contribution in [0.25, 0.3) is 6.08 Å². The van der Waals surface area contributed by atoms with Gasteiger partial charge in [-0.25, -0.2) is 4.99 Å². The average molecular weight is 471 g/mol. The number of aliphatic imine (C=N–C) groups is 1. The van der Waals surface area contributed by atoms with Crippen LogP contribution in [0.3, 0.4) is 0 Å². The third kappa shape index (κ3) is 5.97. The van der Waals surface area contributed by atoms with Crippen molar-refractivity contribution in [3.63, 3.8) is 0 Å². The van der Waals surface area contributed by atoms with Gasteiger partial charge in [-0.15, -0.1) is 0 Å². The number of hydrogen-bond acceptors (Lipinski definition) is 5. The molecule has 0 unspecified atom stereocenters. The predicted octanol–water partition coefficient (Wildman–Crippen LogP) is 5.09. The Morgan fingerprint density at radius 3 is 2.43 bits per heavy atom. The Hall–Kier alpha value is -3.90. The molecule has 0 radical (unpaired) electrons. The second-order valence-corrected chi connectivity index (χ2v) is 8.39. The molecule has 1 aliphatic heterocycles. The van der Waals surface area contributed by atoms with E-state index >= 15 is 0 Å². The van der Waals surface area contributed by atoms with Crippen molar-refractivity contribution >= 4 is 23.6 Å². The van der Waals surface area contributed by atoms with Gasteiger partial charge in [-0.2, -0.15) is 0 Å². The number of rotatable bonds is 10. The van der Waals surface area contributed by atoms with Crippen molar-refractivity contribution in [3.05, 3.63) is 102 Å². The van der Waals surface area contributed by atoms with E-state index < -0.39 is 11.6 Å². The van der Waals surface area contributed by atoms with Gasteiger partial charge in [-0.05, 0) is 48.9 Å². The Morgan fingerprint density at radius 2 is 1.74 bits per heavy atom. The molecule has 0 bridgehead atoms. The summed E-state index contributed by atoms with van der Waals surface area (Å²) < 4.78 is 11.8. The summed E-state index contributed by atoms with van der Waals surface area (Å²) in [5.74, 6) is 0.913. The fourth-order valence-electron chi connectivity index (χ4n) is 3.88. The molecule has 3 aromatic rings. The molecule has 0 spiro atoms. The molecule has 1 heterocycles. The number of aliphatic hydroxyl groups excluding tert-OH is 1. The first-order valence-electron chi connectivity index (χ1n) is 11.8. The van der Waals surface area contributed by atoms with Crippen LogP contribution in [0.15, 0.2) is 96.0 Å². The minimum Gasteiger partial charge on any atom is -0.494 e. The summed E-state index contributed by atoms with van der Waals surface area (Å²) in [4.78, 5) is 18.5. The van der Waals surface area contributed by atoms with Crippen LogP contribution in [0.2, 0.25) is 0 Å². The second kappa shape index (κ2) is 11.5. The molecule has 2 N–H and O–H groups in total. The lowest BCUT2D eigenvalue weighted by molar-refractivity contribution is -0.123. The fraction of sp³-hybridized carbons (Fsp3) is 0.241. The van der Waals surface area contributed by atoms with Crippen LogP contribution in [-0.2, 0) is 9.53 Å². The van der Waals surface area contributed by atoms with E-state index in [4.69, 9.17) is 19.6 Å². The van der Waals surface area contributed by atoms with Gasteiger partial charge in [0.05, 0.1) is 6.61 Å². The van der Waals surface area contributed by atoms with E-state index in [0.717, 1.165) is 11.1 Å². The van der Waals surface area contributed by atoms with E-state index in [2.05, 4.69) is 5.32 Å². The molecule has 1 amide bonds. The van der Waals surface area contributed by atoms with Gasteiger partial charge in [-0.1, -0.05) is 60.7 Å². The first-order chi connectivity index (χ1) is 17.1. The van der Waals surface area contributed by atoms with Crippen LogP contribution in [0, 0.1) is 0 Å². The number of aliphatic hydroxyl groups is 1. The molecule has 0 aliphatic carbocycles. The van der Waals surface area contributed by atoms with Crippen molar-refractivity contribution in [2.75, 3.05) is 18.5 Å². The minimum absolute atomic E-state index is 0.0897. The normalized spacial score (nSPS) is 19.3. The molecule has 6 nitrogen and oxygen atoms in total. The Balaban J connectivity index is 1.60. The molecular formula is C29H30N2O4. The minimum atomic E-state index is -1.12. The maximum atomic E-state index is 13.6. The second-order valence-electron chi connectivity index (χ2n) is 8.39. The SMILES string of the molecule is C[C@H]1OC(c2ccc(OCCCO)cc2)=N[C@@]1(C/C=C/c1ccccc1)C(=O)Nc1ccccc1. The molecule has 0 saturated heterocycles. The van der Waals surface area contributed by atoms with E-state index in [1.54, 1.807) is 0 Å². The van der Waals surface area contributed by atoms with E-state index in [-0.39, 0.29) is 12.5 Å². The number of benzene rings is 3. The zero-order valence-corrected chi connectivity index (χ0v) is 19.8. The molecule has 35 heavy (non-hydrogen) atoms. The van der Waals surface area contributed by atoms with Crippen LogP contribution in [0.4, 0.5) is 5.69 Å². The lowest BCUT2D eigenvalue weighted by Gasteiger charge is -2.27. The number of ether oxygens (including phenoxy) is 2. The Kier molecular flexibility index (Phi) is 7.95. The van der Waals surface area contributed by atoms with Crippen molar-refractivity contribution in [2.24, 2.45) is 4.99 Å². The molecule has 0 saturated carbocycles. The number of anilines is 1. The van der Waals surface area contributed by atoms with Gasteiger partial charge < -0.3 is 19.9 Å². The van der Waals surface area contributed by atoms with Gasteiger partial charge in [0, 0.05) is 30.7 Å². The number of carbonyl (C=O) groups is 1. The topological polar surface area (TPSA) is 80.2 Å². The van der Waals surface area contributed by atoms with Crippen molar-refractivity contribution in [2.45, 2.75) is 31.4 Å². The highest BCUT2D eigenvalue weighted by molar-refractivity contribution is 6.05. The zero-order chi connectivity index (χ0) is 24.5. The van der Waals surface area contributed by atoms with Gasteiger partial charge in [0.2, 0.25) is 5.90 Å². The third-order valence-corrected chi connectivity index (χ3v) is 5.90. The van der Waals surface area contributed by atoms with Gasteiger partial charge in [-0.3, -0.25) is 4.79 Å². The third-order valence-electron chi connectivity index (χ3n) is 5.90. The van der Waals surface area contributed by atoms with Crippen molar-refractivity contribution in [1.29, 1.82) is 0 Å². The molecule has 6 heteroatoms. The summed E-state index contributed by atoms with van der Waals surface area (Å²) in [6.07, 6.45) is 4.46. The summed E-state index contributed by atoms with van der Waals surface area (Å²) in [7, 11) is 0. The van der Waals surface area contributed by atoms with Crippen molar-refractivity contribution < 1.29 is 19.4 Å². The number of nitrogens with zero attached hydrogens (tertiary/aromatic N) is 1. The zero-order valence-electron chi connectivity index (χ0n) is 19.8. The maximum Gasteiger partial charge on any atom is 0.256 e. The van der Waals surface area contributed by atoms with E-state index in [0.29, 0.717) is 36.8 Å². The number of para-hydroxylation sites is 1. The first-order valence-corrected chi connectivity index (χ1v) is 11.8. The first kappa shape index (κ1) is 24.2. The molecule has 1 aliphatic rings. The fourth-order valence-corrected chi connectivity index (χ4v) is 3.88. The number of carbonyl (C=O) groups excluding carboxylic acids is 1. The van der Waals surface area contributed by atoms with Gasteiger partial charge in [0.15, 0.2) is 5.54 Å². The highest BCUT2D eigenvalue weighted by Crippen LogP contribution is 2.34. The molecule has 0 aromatic heterocycles. The van der Waals surface area contributed by atoms with E-state index in [9.17, 15) is 4.79 Å². The monoisotopic (exact) mass is 470 g/mol. The van der Waals surface area contributed by atoms with Gasteiger partial charge in [0.1, 0.15) is 11.9 Å². The summed E-state index contributed by atoms with van der Waals surface area (Å²) in [6.45, 7) is 2.41.